The highest BCUT2D eigenvalue weighted by atomic mass is 35.9. The highest BCUT2D eigenvalue weighted by Crippen LogP contribution is 2.58. The number of hydrogen-bond acceptors (Lipinski definition) is 3. The van der Waals surface area contributed by atoms with Crippen molar-refractivity contribution < 1.29 is 13.8 Å². The molecule has 0 aromatic heterocycles. The fourth-order valence-electron chi connectivity index (χ4n) is 2.89. The van der Waals surface area contributed by atoms with Crippen LogP contribution in [-0.4, -0.2) is 19.3 Å². The van der Waals surface area contributed by atoms with Gasteiger partial charge >= 0.3 is 6.07 Å². The van der Waals surface area contributed by atoms with Crippen LogP contribution >= 0.6 is 28.6 Å². The van der Waals surface area contributed by atoms with Crippen LogP contribution in [0.5, 0.6) is 0 Å². The summed E-state index contributed by atoms with van der Waals surface area (Å²) in [5.41, 5.74) is 0. The van der Waals surface area contributed by atoms with Gasteiger partial charge in [-0.2, -0.15) is 0 Å². The maximum atomic E-state index is 11.0. The standard InChI is InChI=1S/C19H39Cl2O3P/c1-3-4-5-6-7-8-9-10-11-12-13-14-15-16-17-23-18-19(2)24-25(20,21)22/h19H,3-18H2,1-2H3. The number of hydrogen-bond donors (Lipinski definition) is 0. The Balaban J connectivity index is 3.13. The van der Waals surface area contributed by atoms with Gasteiger partial charge in [0.15, 0.2) is 0 Å². The van der Waals surface area contributed by atoms with Crippen LogP contribution in [0.3, 0.4) is 0 Å². The summed E-state index contributed by atoms with van der Waals surface area (Å²) in [6.45, 7) is 5.11. The fourth-order valence-corrected chi connectivity index (χ4v) is 4.18. The molecule has 1 unspecified atom stereocenters. The van der Waals surface area contributed by atoms with E-state index in [1.807, 2.05) is 0 Å². The molecular formula is C19H39Cl2O3P. The predicted molar refractivity (Wildman–Crippen MR) is 111 cm³/mol. The Hall–Kier alpha value is 0.730. The Morgan fingerprint density at radius 2 is 1.16 bits per heavy atom. The summed E-state index contributed by atoms with van der Waals surface area (Å²) in [4.78, 5) is 0. The second-order valence-electron chi connectivity index (χ2n) is 7.00. The molecule has 6 heteroatoms. The molecule has 3 nitrogen and oxygen atoms in total. The fraction of sp³-hybridized carbons (Fsp3) is 1.00. The molecule has 0 aliphatic heterocycles. The van der Waals surface area contributed by atoms with Gasteiger partial charge in [-0.3, -0.25) is 4.57 Å². The van der Waals surface area contributed by atoms with E-state index in [0.717, 1.165) is 6.42 Å². The van der Waals surface area contributed by atoms with Crippen molar-refractivity contribution in [3.05, 3.63) is 0 Å². The average molecular weight is 417 g/mol. The van der Waals surface area contributed by atoms with Gasteiger partial charge in [0.25, 0.3) is 0 Å². The van der Waals surface area contributed by atoms with Crippen LogP contribution < -0.4 is 0 Å². The van der Waals surface area contributed by atoms with Crippen molar-refractivity contribution in [3.63, 3.8) is 0 Å². The summed E-state index contributed by atoms with van der Waals surface area (Å²) in [7, 11) is 0. The first-order chi connectivity index (χ1) is 12.0. The molecule has 0 amide bonds. The number of ether oxygens (including phenoxy) is 1. The summed E-state index contributed by atoms with van der Waals surface area (Å²) < 4.78 is 21.5. The highest BCUT2D eigenvalue weighted by molar-refractivity contribution is 8.05. The molecule has 0 radical (unpaired) electrons. The van der Waals surface area contributed by atoms with Gasteiger partial charge in [-0.1, -0.05) is 90.4 Å². The maximum Gasteiger partial charge on any atom is 0.380 e. The topological polar surface area (TPSA) is 35.5 Å². The Labute approximate surface area is 165 Å². The molecule has 0 heterocycles. The van der Waals surface area contributed by atoms with Crippen molar-refractivity contribution in [1.82, 2.24) is 0 Å². The lowest BCUT2D eigenvalue weighted by Gasteiger charge is -2.13. The third-order valence-corrected chi connectivity index (χ3v) is 5.38. The molecule has 0 saturated carbocycles. The molecule has 152 valence electrons. The van der Waals surface area contributed by atoms with Crippen LogP contribution in [0.2, 0.25) is 0 Å². The smallest absolute Gasteiger partial charge is 0.379 e. The number of halogens is 2. The second kappa shape index (κ2) is 18.1. The van der Waals surface area contributed by atoms with E-state index >= 15 is 0 Å². The lowest BCUT2D eigenvalue weighted by Crippen LogP contribution is -2.13. The van der Waals surface area contributed by atoms with Crippen molar-refractivity contribution in [2.45, 2.75) is 110 Å². The first kappa shape index (κ1) is 25.7. The van der Waals surface area contributed by atoms with Gasteiger partial charge in [0.1, 0.15) is 0 Å². The molecule has 0 fully saturated rings. The van der Waals surface area contributed by atoms with Gasteiger partial charge in [0.05, 0.1) is 12.7 Å². The van der Waals surface area contributed by atoms with E-state index in [-0.39, 0.29) is 6.10 Å². The zero-order valence-electron chi connectivity index (χ0n) is 16.3. The maximum absolute atomic E-state index is 11.0. The predicted octanol–water partition coefficient (Wildman–Crippen LogP) is 8.48. The highest BCUT2D eigenvalue weighted by Gasteiger charge is 2.18. The molecule has 0 aromatic carbocycles. The molecule has 1 atom stereocenters. The Morgan fingerprint density at radius 3 is 1.56 bits per heavy atom. The third kappa shape index (κ3) is 22.7. The van der Waals surface area contributed by atoms with Crippen molar-refractivity contribution in [2.75, 3.05) is 13.2 Å². The zero-order valence-corrected chi connectivity index (χ0v) is 18.7. The van der Waals surface area contributed by atoms with Gasteiger partial charge in [-0.05, 0) is 35.8 Å². The molecule has 0 bridgehead atoms. The Kier molecular flexibility index (Phi) is 18.6. The molecule has 25 heavy (non-hydrogen) atoms. The van der Waals surface area contributed by atoms with Crippen molar-refractivity contribution in [3.8, 4) is 0 Å². The molecule has 0 spiro atoms. The van der Waals surface area contributed by atoms with Gasteiger partial charge in [0, 0.05) is 6.61 Å². The summed E-state index contributed by atoms with van der Waals surface area (Å²) in [6, 6.07) is 0. The SMILES string of the molecule is CCCCCCCCCCCCCCCCOCC(C)OP(=O)(Cl)Cl. The first-order valence-corrected chi connectivity index (χ1v) is 13.6. The van der Waals surface area contributed by atoms with Gasteiger partial charge in [-0.15, -0.1) is 0 Å². The minimum atomic E-state index is -3.45. The van der Waals surface area contributed by atoms with E-state index in [2.05, 4.69) is 6.92 Å². The van der Waals surface area contributed by atoms with Crippen LogP contribution in [0.4, 0.5) is 0 Å². The first-order valence-electron chi connectivity index (χ1n) is 10.2. The molecule has 0 saturated heterocycles. The largest absolute Gasteiger partial charge is 0.380 e. The van der Waals surface area contributed by atoms with E-state index in [0.29, 0.717) is 13.2 Å². The van der Waals surface area contributed by atoms with Crippen molar-refractivity contribution in [2.24, 2.45) is 0 Å². The van der Waals surface area contributed by atoms with Gasteiger partial charge < -0.3 is 9.26 Å². The zero-order chi connectivity index (χ0) is 18.8. The molecule has 0 rings (SSSR count). The lowest BCUT2D eigenvalue weighted by molar-refractivity contribution is 0.0609. The van der Waals surface area contributed by atoms with Crippen LogP contribution in [0.25, 0.3) is 0 Å². The van der Waals surface area contributed by atoms with Crippen molar-refractivity contribution in [1.29, 1.82) is 0 Å². The molecular weight excluding hydrogens is 378 g/mol. The molecule has 0 aliphatic rings. The molecule has 0 aromatic rings. The molecule has 0 N–H and O–H groups in total. The summed E-state index contributed by atoms with van der Waals surface area (Å²) in [5.74, 6) is 0. The Bertz CT molecular complexity index is 324. The van der Waals surface area contributed by atoms with E-state index < -0.39 is 6.07 Å². The number of rotatable bonds is 19. The molecule has 0 aliphatic carbocycles. The average Bonchev–Trinajstić information content (AvgIpc) is 2.53. The lowest BCUT2D eigenvalue weighted by atomic mass is 10.0. The normalized spacial score (nSPS) is 13.3. The Morgan fingerprint density at radius 1 is 0.760 bits per heavy atom. The van der Waals surface area contributed by atoms with E-state index in [1.54, 1.807) is 6.92 Å². The summed E-state index contributed by atoms with van der Waals surface area (Å²) >= 11 is 10.7. The van der Waals surface area contributed by atoms with Gasteiger partial charge in [0.2, 0.25) is 0 Å². The van der Waals surface area contributed by atoms with Crippen molar-refractivity contribution >= 4 is 28.6 Å². The number of unbranched alkanes of at least 4 members (excludes halogenated alkanes) is 13. The van der Waals surface area contributed by atoms with E-state index in [4.69, 9.17) is 31.7 Å². The third-order valence-electron chi connectivity index (χ3n) is 4.30. The minimum absolute atomic E-state index is 0.340. The van der Waals surface area contributed by atoms with E-state index in [9.17, 15) is 4.57 Å². The van der Waals surface area contributed by atoms with E-state index in [1.165, 1.54) is 83.5 Å². The van der Waals surface area contributed by atoms with Crippen LogP contribution in [0.1, 0.15) is 104 Å². The summed E-state index contributed by atoms with van der Waals surface area (Å²) in [5, 5.41) is 0. The minimum Gasteiger partial charge on any atom is -0.379 e. The quantitative estimate of drug-likeness (QED) is 0.156. The van der Waals surface area contributed by atoms with Crippen LogP contribution in [0.15, 0.2) is 0 Å². The van der Waals surface area contributed by atoms with Crippen LogP contribution in [-0.2, 0) is 13.8 Å². The summed E-state index contributed by atoms with van der Waals surface area (Å²) in [6.07, 6.45) is 15.1. The van der Waals surface area contributed by atoms with Crippen LogP contribution in [0, 0.1) is 0 Å². The monoisotopic (exact) mass is 416 g/mol. The van der Waals surface area contributed by atoms with Gasteiger partial charge in [-0.25, -0.2) is 0 Å². The second-order valence-corrected chi connectivity index (χ2v) is 11.2.